The first-order valence-electron chi connectivity index (χ1n) is 17.9. The second kappa shape index (κ2) is 16.1. The number of fused-ring (bicyclic) bond motifs is 1. The van der Waals surface area contributed by atoms with Gasteiger partial charge in [0.05, 0.1) is 53.7 Å². The van der Waals surface area contributed by atoms with Gasteiger partial charge in [-0.25, -0.2) is 0 Å². The first-order chi connectivity index (χ1) is 23.6. The van der Waals surface area contributed by atoms with Crippen molar-refractivity contribution < 1.29 is 23.8 Å². The van der Waals surface area contributed by atoms with E-state index in [9.17, 15) is 9.59 Å². The van der Waals surface area contributed by atoms with Crippen molar-refractivity contribution in [3.63, 3.8) is 0 Å². The summed E-state index contributed by atoms with van der Waals surface area (Å²) in [6.07, 6.45) is 7.53. The van der Waals surface area contributed by atoms with E-state index in [1.807, 2.05) is 54.6 Å². The van der Waals surface area contributed by atoms with Crippen molar-refractivity contribution in [1.29, 1.82) is 0 Å². The molecule has 266 valence electrons. The van der Waals surface area contributed by atoms with Crippen LogP contribution in [0.3, 0.4) is 0 Å². The number of likely N-dealkylation sites (tertiary alicyclic amines) is 2. The normalized spacial score (nSPS) is 26.1. The van der Waals surface area contributed by atoms with E-state index in [1.54, 1.807) is 18.3 Å². The third-order valence-electron chi connectivity index (χ3n) is 10.6. The molecule has 3 fully saturated rings. The smallest absolute Gasteiger partial charge is 0.257 e. The van der Waals surface area contributed by atoms with E-state index in [2.05, 4.69) is 17.1 Å². The first kappa shape index (κ1) is 36.1. The molecule has 2 amide bonds. The van der Waals surface area contributed by atoms with Gasteiger partial charge in [0.2, 0.25) is 5.91 Å². The third kappa shape index (κ3) is 8.29. The van der Waals surface area contributed by atoms with Crippen LogP contribution in [0.25, 0.3) is 10.9 Å². The Hall–Kier alpha value is -2.66. The van der Waals surface area contributed by atoms with Crippen LogP contribution in [0, 0.1) is 5.92 Å². The van der Waals surface area contributed by atoms with E-state index in [-0.39, 0.29) is 48.6 Å². The van der Waals surface area contributed by atoms with E-state index < -0.39 is 0 Å². The zero-order valence-corrected chi connectivity index (χ0v) is 30.6. The van der Waals surface area contributed by atoms with Gasteiger partial charge in [-0.2, -0.15) is 0 Å². The van der Waals surface area contributed by atoms with Gasteiger partial charge in [0.15, 0.2) is 0 Å². The molecule has 4 atom stereocenters. The van der Waals surface area contributed by atoms with Gasteiger partial charge in [-0.3, -0.25) is 14.5 Å². The maximum Gasteiger partial charge on any atom is 0.257 e. The van der Waals surface area contributed by atoms with Crippen molar-refractivity contribution in [2.45, 2.75) is 89.7 Å². The van der Waals surface area contributed by atoms with E-state index in [1.165, 1.54) is 12.8 Å². The molecule has 3 heterocycles. The molecular formula is C38H50Cl2N4O5. The number of carbonyl (C=O) groups excluding carboxylic acids is 2. The SMILES string of the molecule is CCO[C@H]1CN([C@H]2C[C@@H](CO[C@H]3CC[C@H](C)CC3)N(C(=O)Cc3cc(Cl)c(NC(=O)c4cn(C)c5ccccc45)cc3Cl)C2)C[C@H]1OCC. The number of rotatable bonds is 12. The molecule has 49 heavy (non-hydrogen) atoms. The average molecular weight is 714 g/mol. The lowest BCUT2D eigenvalue weighted by Gasteiger charge is -2.30. The Labute approximate surface area is 300 Å². The first-order valence-corrected chi connectivity index (χ1v) is 18.6. The van der Waals surface area contributed by atoms with Crippen LogP contribution < -0.4 is 5.32 Å². The Morgan fingerprint density at radius 1 is 0.918 bits per heavy atom. The Morgan fingerprint density at radius 3 is 2.31 bits per heavy atom. The number of nitrogens with one attached hydrogen (secondary N) is 1. The van der Waals surface area contributed by atoms with Gasteiger partial charge in [-0.05, 0) is 75.6 Å². The number of benzene rings is 2. The van der Waals surface area contributed by atoms with Gasteiger partial charge in [-0.1, -0.05) is 48.3 Å². The summed E-state index contributed by atoms with van der Waals surface area (Å²) in [7, 11) is 1.91. The van der Waals surface area contributed by atoms with Crippen molar-refractivity contribution in [2.75, 3.05) is 44.8 Å². The minimum atomic E-state index is -0.281. The van der Waals surface area contributed by atoms with Crippen LogP contribution in [0.2, 0.25) is 10.0 Å². The van der Waals surface area contributed by atoms with Crippen molar-refractivity contribution in [1.82, 2.24) is 14.4 Å². The van der Waals surface area contributed by atoms with E-state index in [0.29, 0.717) is 53.2 Å². The number of ether oxygens (including phenoxy) is 3. The predicted octanol–water partition coefficient (Wildman–Crippen LogP) is 6.97. The van der Waals surface area contributed by atoms with E-state index in [4.69, 9.17) is 37.4 Å². The second-order valence-electron chi connectivity index (χ2n) is 14.0. The molecule has 0 unspecified atom stereocenters. The number of halogens is 2. The fourth-order valence-electron chi connectivity index (χ4n) is 7.88. The molecule has 0 radical (unpaired) electrons. The lowest BCUT2D eigenvalue weighted by Crippen LogP contribution is -2.41. The van der Waals surface area contributed by atoms with Gasteiger partial charge in [-0.15, -0.1) is 0 Å². The number of carbonyl (C=O) groups is 2. The summed E-state index contributed by atoms with van der Waals surface area (Å²) in [5, 5.41) is 4.48. The van der Waals surface area contributed by atoms with Crippen LogP contribution >= 0.6 is 23.2 Å². The van der Waals surface area contributed by atoms with Crippen LogP contribution in [0.1, 0.15) is 68.8 Å². The summed E-state index contributed by atoms with van der Waals surface area (Å²) < 4.78 is 20.5. The van der Waals surface area contributed by atoms with Gasteiger partial charge in [0.25, 0.3) is 5.91 Å². The highest BCUT2D eigenvalue weighted by atomic mass is 35.5. The molecule has 0 bridgehead atoms. The molecule has 2 aliphatic heterocycles. The standard InChI is InChI=1S/C38H50Cl2N4O5/c1-5-47-35-21-43(22-36(35)48-6-2)26-17-27(23-49-28-13-11-24(3)12-14-28)44(19-26)37(45)16-25-15-32(40)33(18-31(25)39)41-38(46)30-20-42(4)34-10-8-7-9-29(30)34/h7-10,15,18,20,24,26-28,35-36H,5-6,11-14,16-17,19,21-23H2,1-4H3,(H,41,46)/t24-,26-,27-,28-,35-,36+/m0/s1. The average Bonchev–Trinajstić information content (AvgIpc) is 3.79. The molecule has 11 heteroatoms. The quantitative estimate of drug-likeness (QED) is 0.218. The Morgan fingerprint density at radius 2 is 1.61 bits per heavy atom. The van der Waals surface area contributed by atoms with Crippen LogP contribution in [-0.4, -0.2) is 96.0 Å². The minimum absolute atomic E-state index is 0.0132. The van der Waals surface area contributed by atoms with Gasteiger partial charge in [0, 0.05) is 68.1 Å². The van der Waals surface area contributed by atoms with Gasteiger partial charge >= 0.3 is 0 Å². The van der Waals surface area contributed by atoms with Crippen LogP contribution in [-0.2, 0) is 32.5 Å². The summed E-state index contributed by atoms with van der Waals surface area (Å²) in [4.78, 5) is 31.8. The number of amides is 2. The molecule has 1 aliphatic carbocycles. The van der Waals surface area contributed by atoms with Gasteiger partial charge < -0.3 is 29.0 Å². The highest BCUT2D eigenvalue weighted by Crippen LogP contribution is 2.34. The van der Waals surface area contributed by atoms with Crippen LogP contribution in [0.5, 0.6) is 0 Å². The molecule has 1 aromatic heterocycles. The number of aryl methyl sites for hydroxylation is 1. The fraction of sp³-hybridized carbons (Fsp3) is 0.579. The number of hydrogen-bond acceptors (Lipinski definition) is 6. The van der Waals surface area contributed by atoms with Crippen molar-refractivity contribution in [2.24, 2.45) is 13.0 Å². The molecule has 3 aliphatic rings. The summed E-state index contributed by atoms with van der Waals surface area (Å²) >= 11 is 13.5. The summed E-state index contributed by atoms with van der Waals surface area (Å²) in [5.74, 6) is 0.452. The maximum absolute atomic E-state index is 14.1. The zero-order valence-electron chi connectivity index (χ0n) is 29.1. The lowest BCUT2D eigenvalue weighted by atomic mass is 9.89. The lowest BCUT2D eigenvalue weighted by molar-refractivity contribution is -0.133. The van der Waals surface area contributed by atoms with Crippen molar-refractivity contribution in [3.05, 3.63) is 63.8 Å². The van der Waals surface area contributed by atoms with Crippen LogP contribution in [0.4, 0.5) is 5.69 Å². The largest absolute Gasteiger partial charge is 0.376 e. The van der Waals surface area contributed by atoms with E-state index >= 15 is 0 Å². The molecule has 0 spiro atoms. The molecule has 9 nitrogen and oxygen atoms in total. The van der Waals surface area contributed by atoms with Crippen LogP contribution in [0.15, 0.2) is 42.6 Å². The Bertz CT molecular complexity index is 1610. The molecular weight excluding hydrogens is 663 g/mol. The number of nitrogens with zero attached hydrogens (tertiary/aromatic N) is 3. The zero-order chi connectivity index (χ0) is 34.7. The predicted molar refractivity (Wildman–Crippen MR) is 195 cm³/mol. The number of anilines is 1. The summed E-state index contributed by atoms with van der Waals surface area (Å²) in [6, 6.07) is 11.2. The number of aromatic nitrogens is 1. The molecule has 6 rings (SSSR count). The number of para-hydroxylation sites is 1. The summed E-state index contributed by atoms with van der Waals surface area (Å²) in [6.45, 7) is 10.3. The Balaban J connectivity index is 1.15. The van der Waals surface area contributed by atoms with Crippen molar-refractivity contribution in [3.8, 4) is 0 Å². The molecule has 3 aromatic rings. The second-order valence-corrected chi connectivity index (χ2v) is 14.8. The van der Waals surface area contributed by atoms with Crippen molar-refractivity contribution >= 4 is 51.6 Å². The highest BCUT2D eigenvalue weighted by Gasteiger charge is 2.44. The monoisotopic (exact) mass is 712 g/mol. The molecule has 1 N–H and O–H groups in total. The van der Waals surface area contributed by atoms with E-state index in [0.717, 1.165) is 49.2 Å². The minimum Gasteiger partial charge on any atom is -0.376 e. The molecule has 2 aromatic carbocycles. The third-order valence-corrected chi connectivity index (χ3v) is 11.3. The molecule has 1 saturated carbocycles. The Kier molecular flexibility index (Phi) is 11.9. The maximum atomic E-state index is 14.1. The van der Waals surface area contributed by atoms with Gasteiger partial charge in [0.1, 0.15) is 0 Å². The highest BCUT2D eigenvalue weighted by molar-refractivity contribution is 6.36. The summed E-state index contributed by atoms with van der Waals surface area (Å²) in [5.41, 5.74) is 2.53. The fourth-order valence-corrected chi connectivity index (χ4v) is 8.34. The number of hydrogen-bond donors (Lipinski definition) is 1. The molecule has 2 saturated heterocycles. The topological polar surface area (TPSA) is 85.3 Å².